The van der Waals surface area contributed by atoms with Crippen LogP contribution < -0.4 is 0 Å². The number of likely N-dealkylation sites (tertiary alicyclic amines) is 1. The number of nitrogens with zero attached hydrogens (tertiary/aromatic N) is 1. The van der Waals surface area contributed by atoms with Gasteiger partial charge in [0.05, 0.1) is 0 Å². The van der Waals surface area contributed by atoms with E-state index in [1.807, 2.05) is 23.1 Å². The van der Waals surface area contributed by atoms with E-state index in [1.54, 1.807) is 0 Å². The maximum atomic E-state index is 12.0. The largest absolute Gasteiger partial charge is 0.361 e. The van der Waals surface area contributed by atoms with Crippen molar-refractivity contribution in [1.29, 1.82) is 0 Å². The van der Waals surface area contributed by atoms with Crippen molar-refractivity contribution < 1.29 is 4.79 Å². The van der Waals surface area contributed by atoms with Crippen LogP contribution in [0.3, 0.4) is 0 Å². The highest BCUT2D eigenvalue weighted by atomic mass is 35.5. The van der Waals surface area contributed by atoms with Gasteiger partial charge in [-0.3, -0.25) is 4.79 Å². The molecule has 21 heavy (non-hydrogen) atoms. The summed E-state index contributed by atoms with van der Waals surface area (Å²) in [6.45, 7) is 3.80. The fraction of sp³-hybridized carbons (Fsp3) is 0.471. The van der Waals surface area contributed by atoms with Crippen LogP contribution in [-0.2, 0) is 4.79 Å². The van der Waals surface area contributed by atoms with Gasteiger partial charge in [0, 0.05) is 41.6 Å². The van der Waals surface area contributed by atoms with Crippen LogP contribution in [0, 0.1) is 0 Å². The molecular formula is C17H21ClN2O. The number of hydrogen-bond donors (Lipinski definition) is 1. The van der Waals surface area contributed by atoms with E-state index in [2.05, 4.69) is 18.1 Å². The summed E-state index contributed by atoms with van der Waals surface area (Å²) in [5, 5.41) is 2.00. The molecule has 0 saturated carbocycles. The van der Waals surface area contributed by atoms with Crippen LogP contribution in [0.25, 0.3) is 10.9 Å². The van der Waals surface area contributed by atoms with Crippen molar-refractivity contribution in [2.45, 2.75) is 38.5 Å². The summed E-state index contributed by atoms with van der Waals surface area (Å²) in [7, 11) is 0. The molecule has 1 fully saturated rings. The standard InChI is InChI=1S/C17H21ClN2O/c1-2-3-17(21)20-8-6-12(7-9-20)15-11-19-16-5-4-13(18)10-14(15)16/h4-5,10-12,19H,2-3,6-9H2,1H3. The van der Waals surface area contributed by atoms with Crippen LogP contribution in [0.4, 0.5) is 0 Å². The Balaban J connectivity index is 1.74. The summed E-state index contributed by atoms with van der Waals surface area (Å²) in [5.74, 6) is 0.820. The van der Waals surface area contributed by atoms with Crippen molar-refractivity contribution in [3.63, 3.8) is 0 Å². The maximum Gasteiger partial charge on any atom is 0.222 e. The third kappa shape index (κ3) is 2.93. The molecular weight excluding hydrogens is 284 g/mol. The summed E-state index contributed by atoms with van der Waals surface area (Å²) in [5.41, 5.74) is 2.48. The topological polar surface area (TPSA) is 36.1 Å². The quantitative estimate of drug-likeness (QED) is 0.900. The Kier molecular flexibility index (Phi) is 4.20. The number of piperidine rings is 1. The second-order valence-electron chi connectivity index (χ2n) is 5.84. The van der Waals surface area contributed by atoms with E-state index >= 15 is 0 Å². The molecule has 4 heteroatoms. The van der Waals surface area contributed by atoms with Crippen molar-refractivity contribution in [1.82, 2.24) is 9.88 Å². The van der Waals surface area contributed by atoms with Gasteiger partial charge in [-0.2, -0.15) is 0 Å². The van der Waals surface area contributed by atoms with E-state index in [0.717, 1.165) is 42.9 Å². The fourth-order valence-corrected chi connectivity index (χ4v) is 3.44. The Morgan fingerprint density at radius 3 is 2.86 bits per heavy atom. The number of rotatable bonds is 3. The molecule has 112 valence electrons. The average Bonchev–Trinajstić information content (AvgIpc) is 2.90. The van der Waals surface area contributed by atoms with Crippen LogP contribution in [0.2, 0.25) is 5.02 Å². The molecule has 0 bridgehead atoms. The third-order valence-electron chi connectivity index (χ3n) is 4.43. The van der Waals surface area contributed by atoms with E-state index in [4.69, 9.17) is 11.6 Å². The number of aromatic nitrogens is 1. The molecule has 1 aliphatic heterocycles. The average molecular weight is 305 g/mol. The van der Waals surface area contributed by atoms with Crippen molar-refractivity contribution in [3.05, 3.63) is 35.0 Å². The second kappa shape index (κ2) is 6.10. The molecule has 1 N–H and O–H groups in total. The molecule has 0 spiro atoms. The Bertz CT molecular complexity index is 641. The van der Waals surface area contributed by atoms with Crippen molar-refractivity contribution in [3.8, 4) is 0 Å². The maximum absolute atomic E-state index is 12.0. The number of carbonyl (C=O) groups is 1. The second-order valence-corrected chi connectivity index (χ2v) is 6.28. The molecule has 2 aromatic rings. The van der Waals surface area contributed by atoms with Gasteiger partial charge < -0.3 is 9.88 Å². The lowest BCUT2D eigenvalue weighted by molar-refractivity contribution is -0.132. The highest BCUT2D eigenvalue weighted by Gasteiger charge is 2.24. The van der Waals surface area contributed by atoms with E-state index in [1.165, 1.54) is 10.9 Å². The summed E-state index contributed by atoms with van der Waals surface area (Å²) >= 11 is 6.12. The predicted octanol–water partition coefficient (Wildman–Crippen LogP) is 4.33. The molecule has 0 aliphatic carbocycles. The molecule has 1 amide bonds. The monoisotopic (exact) mass is 304 g/mol. The first-order chi connectivity index (χ1) is 10.2. The number of amides is 1. The SMILES string of the molecule is CCCC(=O)N1CCC(c2c[nH]c3ccc(Cl)cc23)CC1. The minimum absolute atomic E-state index is 0.304. The Hall–Kier alpha value is -1.48. The highest BCUT2D eigenvalue weighted by Crippen LogP contribution is 2.34. The number of hydrogen-bond acceptors (Lipinski definition) is 1. The summed E-state index contributed by atoms with van der Waals surface area (Å²) in [6, 6.07) is 5.98. The molecule has 0 atom stereocenters. The summed E-state index contributed by atoms with van der Waals surface area (Å²) < 4.78 is 0. The Morgan fingerprint density at radius 1 is 1.38 bits per heavy atom. The number of carbonyl (C=O) groups excluding carboxylic acids is 1. The van der Waals surface area contributed by atoms with Gasteiger partial charge in [-0.15, -0.1) is 0 Å². The first-order valence-electron chi connectivity index (χ1n) is 7.73. The van der Waals surface area contributed by atoms with Crippen molar-refractivity contribution in [2.75, 3.05) is 13.1 Å². The lowest BCUT2D eigenvalue weighted by Gasteiger charge is -2.32. The molecule has 3 rings (SSSR count). The number of nitrogens with one attached hydrogen (secondary N) is 1. The van der Waals surface area contributed by atoms with Crippen LogP contribution in [0.1, 0.15) is 44.1 Å². The van der Waals surface area contributed by atoms with Gasteiger partial charge in [0.25, 0.3) is 0 Å². The first-order valence-corrected chi connectivity index (χ1v) is 8.11. The van der Waals surface area contributed by atoms with Crippen molar-refractivity contribution >= 4 is 28.4 Å². The molecule has 0 radical (unpaired) electrons. The smallest absolute Gasteiger partial charge is 0.222 e. The molecule has 3 nitrogen and oxygen atoms in total. The number of halogens is 1. The normalized spacial score (nSPS) is 16.6. The van der Waals surface area contributed by atoms with Gasteiger partial charge in [-0.05, 0) is 48.9 Å². The van der Waals surface area contributed by atoms with E-state index < -0.39 is 0 Å². The molecule has 1 aromatic heterocycles. The molecule has 1 aromatic carbocycles. The molecule has 1 saturated heterocycles. The first kappa shape index (κ1) is 14.5. The van der Waals surface area contributed by atoms with Gasteiger partial charge >= 0.3 is 0 Å². The fourth-order valence-electron chi connectivity index (χ4n) is 3.26. The number of H-pyrrole nitrogens is 1. The lowest BCUT2D eigenvalue weighted by atomic mass is 9.89. The Morgan fingerprint density at radius 2 is 2.14 bits per heavy atom. The van der Waals surface area contributed by atoms with E-state index in [9.17, 15) is 4.79 Å². The highest BCUT2D eigenvalue weighted by molar-refractivity contribution is 6.31. The predicted molar refractivity (Wildman–Crippen MR) is 86.8 cm³/mol. The minimum atomic E-state index is 0.304. The number of aromatic amines is 1. The third-order valence-corrected chi connectivity index (χ3v) is 4.66. The minimum Gasteiger partial charge on any atom is -0.361 e. The van der Waals surface area contributed by atoms with Crippen LogP contribution in [-0.4, -0.2) is 28.9 Å². The van der Waals surface area contributed by atoms with Gasteiger partial charge in [0.15, 0.2) is 0 Å². The van der Waals surface area contributed by atoms with Gasteiger partial charge in [0.2, 0.25) is 5.91 Å². The molecule has 2 heterocycles. The van der Waals surface area contributed by atoms with Crippen LogP contribution in [0.5, 0.6) is 0 Å². The number of benzene rings is 1. The zero-order valence-corrected chi connectivity index (χ0v) is 13.1. The number of fused-ring (bicyclic) bond motifs is 1. The molecule has 0 unspecified atom stereocenters. The van der Waals surface area contributed by atoms with Gasteiger partial charge in [-0.1, -0.05) is 18.5 Å². The molecule has 1 aliphatic rings. The summed E-state index contributed by atoms with van der Waals surface area (Å²) in [6.07, 6.45) is 5.78. The zero-order chi connectivity index (χ0) is 14.8. The van der Waals surface area contributed by atoms with Gasteiger partial charge in [-0.25, -0.2) is 0 Å². The summed E-state index contributed by atoms with van der Waals surface area (Å²) in [4.78, 5) is 17.3. The van der Waals surface area contributed by atoms with E-state index in [0.29, 0.717) is 18.2 Å². The van der Waals surface area contributed by atoms with Crippen LogP contribution >= 0.6 is 11.6 Å². The van der Waals surface area contributed by atoms with Crippen molar-refractivity contribution in [2.24, 2.45) is 0 Å². The lowest BCUT2D eigenvalue weighted by Crippen LogP contribution is -2.37. The van der Waals surface area contributed by atoms with Gasteiger partial charge in [0.1, 0.15) is 0 Å². The Labute approximate surface area is 130 Å². The van der Waals surface area contributed by atoms with E-state index in [-0.39, 0.29) is 0 Å². The zero-order valence-electron chi connectivity index (χ0n) is 12.4. The van der Waals surface area contributed by atoms with Crippen LogP contribution in [0.15, 0.2) is 24.4 Å².